The average molecular weight is 305 g/mol. The zero-order valence-electron chi connectivity index (χ0n) is 10.9. The Morgan fingerprint density at radius 3 is 3.24 bits per heavy atom. The number of hydrogen-bond acceptors (Lipinski definition) is 7. The van der Waals surface area contributed by atoms with E-state index in [1.165, 1.54) is 22.7 Å². The minimum absolute atomic E-state index is 0.154. The number of carbonyl (C=O) groups is 1. The van der Waals surface area contributed by atoms with Crippen molar-refractivity contribution in [3.63, 3.8) is 0 Å². The number of thiazole rings is 1. The van der Waals surface area contributed by atoms with E-state index in [9.17, 15) is 4.79 Å². The molecule has 1 fully saturated rings. The third-order valence-electron chi connectivity index (χ3n) is 3.53. The molecule has 2 amide bonds. The number of carbonyl (C=O) groups excluding carboxylic acids is 1. The molecule has 4 heterocycles. The summed E-state index contributed by atoms with van der Waals surface area (Å²) in [5.74, 6) is 0.361. The Morgan fingerprint density at radius 2 is 2.48 bits per heavy atom. The molecule has 21 heavy (non-hydrogen) atoms. The summed E-state index contributed by atoms with van der Waals surface area (Å²) in [4.78, 5) is 29.1. The van der Waals surface area contributed by atoms with Crippen molar-refractivity contribution in [2.75, 3.05) is 13.2 Å². The highest BCUT2D eigenvalue weighted by atomic mass is 32.1. The van der Waals surface area contributed by atoms with Crippen molar-refractivity contribution < 1.29 is 14.2 Å². The molecular weight excluding hydrogens is 294 g/mol. The van der Waals surface area contributed by atoms with Gasteiger partial charge in [0.15, 0.2) is 12.4 Å². The number of hydrogen-bond donors (Lipinski definition) is 0. The van der Waals surface area contributed by atoms with Crippen LogP contribution in [0.1, 0.15) is 28.5 Å². The van der Waals surface area contributed by atoms with Crippen LogP contribution >= 0.6 is 11.3 Å². The SMILES string of the molecule is C=CCON1C(=O)N2CC1c1scnc1[C@H]2c1ncno1. The Balaban J connectivity index is 1.78. The van der Waals surface area contributed by atoms with Crippen molar-refractivity contribution in [2.24, 2.45) is 0 Å². The second-order valence-corrected chi connectivity index (χ2v) is 5.53. The molecule has 108 valence electrons. The predicted molar refractivity (Wildman–Crippen MR) is 71.1 cm³/mol. The van der Waals surface area contributed by atoms with E-state index in [0.29, 0.717) is 12.4 Å². The molecule has 2 atom stereocenters. The van der Waals surface area contributed by atoms with E-state index >= 15 is 0 Å². The largest absolute Gasteiger partial charge is 0.345 e. The van der Waals surface area contributed by atoms with Crippen LogP contribution in [0.4, 0.5) is 4.79 Å². The average Bonchev–Trinajstić information content (AvgIpc) is 3.21. The van der Waals surface area contributed by atoms with E-state index in [2.05, 4.69) is 21.7 Å². The van der Waals surface area contributed by atoms with Crippen LogP contribution in [-0.2, 0) is 4.84 Å². The maximum absolute atomic E-state index is 12.5. The zero-order valence-corrected chi connectivity index (χ0v) is 11.7. The van der Waals surface area contributed by atoms with Gasteiger partial charge in [-0.25, -0.2) is 9.78 Å². The van der Waals surface area contributed by atoms with E-state index in [1.54, 1.807) is 16.5 Å². The zero-order chi connectivity index (χ0) is 14.4. The number of fused-ring (bicyclic) bond motifs is 4. The highest BCUT2D eigenvalue weighted by Gasteiger charge is 2.52. The first-order chi connectivity index (χ1) is 10.3. The molecule has 0 saturated carbocycles. The molecule has 0 spiro atoms. The molecular formula is C12H11N5O3S. The number of urea groups is 1. The van der Waals surface area contributed by atoms with Crippen LogP contribution in [0.2, 0.25) is 0 Å². The summed E-state index contributed by atoms with van der Waals surface area (Å²) in [6.45, 7) is 4.39. The van der Waals surface area contributed by atoms with E-state index in [1.807, 2.05) is 0 Å². The maximum atomic E-state index is 12.5. The summed E-state index contributed by atoms with van der Waals surface area (Å²) in [5, 5.41) is 5.01. The lowest BCUT2D eigenvalue weighted by molar-refractivity contribution is -0.118. The predicted octanol–water partition coefficient (Wildman–Crippen LogP) is 1.53. The first-order valence-electron chi connectivity index (χ1n) is 6.34. The standard InChI is InChI=1S/C12H11N5O3S/c1-2-3-19-17-7-4-16(12(17)18)9(11-13-5-15-20-11)8-10(7)21-6-14-8/h2,5-7,9H,1,3-4H2/t7?,9-/m0/s1. The van der Waals surface area contributed by atoms with Crippen LogP contribution in [0.25, 0.3) is 0 Å². The normalized spacial score (nSPS) is 23.5. The lowest BCUT2D eigenvalue weighted by Gasteiger charge is -2.26. The summed E-state index contributed by atoms with van der Waals surface area (Å²) >= 11 is 1.50. The maximum Gasteiger partial charge on any atom is 0.345 e. The fourth-order valence-corrected chi connectivity index (χ4v) is 3.59. The van der Waals surface area contributed by atoms with Crippen LogP contribution < -0.4 is 0 Å². The van der Waals surface area contributed by atoms with Crippen molar-refractivity contribution in [3.8, 4) is 0 Å². The Kier molecular flexibility index (Phi) is 2.76. The van der Waals surface area contributed by atoms with Crippen LogP contribution in [0.15, 0.2) is 29.0 Å². The van der Waals surface area contributed by atoms with Gasteiger partial charge in [0.2, 0.25) is 0 Å². The number of rotatable bonds is 4. The highest BCUT2D eigenvalue weighted by Crippen LogP contribution is 2.46. The topological polar surface area (TPSA) is 84.6 Å². The fraction of sp³-hybridized carbons (Fsp3) is 0.333. The van der Waals surface area contributed by atoms with Crippen molar-refractivity contribution >= 4 is 17.4 Å². The summed E-state index contributed by atoms with van der Waals surface area (Å²) < 4.78 is 5.15. The van der Waals surface area contributed by atoms with Gasteiger partial charge in [-0.3, -0.25) is 4.84 Å². The van der Waals surface area contributed by atoms with Gasteiger partial charge in [0.05, 0.1) is 29.2 Å². The smallest absolute Gasteiger partial charge is 0.337 e. The summed E-state index contributed by atoms with van der Waals surface area (Å²) in [5.41, 5.74) is 2.53. The van der Waals surface area contributed by atoms with Crippen LogP contribution in [0.5, 0.6) is 0 Å². The molecule has 9 heteroatoms. The monoisotopic (exact) mass is 305 g/mol. The van der Waals surface area contributed by atoms with Gasteiger partial charge in [-0.1, -0.05) is 11.2 Å². The number of amides is 2. The molecule has 2 aliphatic rings. The van der Waals surface area contributed by atoms with E-state index in [4.69, 9.17) is 9.36 Å². The second-order valence-electron chi connectivity index (χ2n) is 4.64. The van der Waals surface area contributed by atoms with Crippen LogP contribution in [0.3, 0.4) is 0 Å². The lowest BCUT2D eigenvalue weighted by atomic mass is 10.0. The van der Waals surface area contributed by atoms with Gasteiger partial charge in [-0.15, -0.1) is 17.9 Å². The molecule has 0 aliphatic carbocycles. The Bertz CT molecular complexity index is 685. The molecule has 1 unspecified atom stereocenters. The number of aromatic nitrogens is 3. The third-order valence-corrected chi connectivity index (χ3v) is 4.47. The highest BCUT2D eigenvalue weighted by molar-refractivity contribution is 7.09. The van der Waals surface area contributed by atoms with E-state index < -0.39 is 6.04 Å². The third kappa shape index (κ3) is 1.71. The molecule has 0 N–H and O–H groups in total. The Labute approximate surface area is 123 Å². The molecule has 2 aromatic heterocycles. The van der Waals surface area contributed by atoms with Crippen molar-refractivity contribution in [1.82, 2.24) is 25.1 Å². The van der Waals surface area contributed by atoms with Gasteiger partial charge in [-0.2, -0.15) is 10.0 Å². The summed E-state index contributed by atoms with van der Waals surface area (Å²) in [6, 6.07) is -0.829. The minimum Gasteiger partial charge on any atom is -0.337 e. The number of hydroxylamine groups is 2. The minimum atomic E-state index is -0.449. The van der Waals surface area contributed by atoms with Crippen molar-refractivity contribution in [3.05, 3.63) is 41.0 Å². The molecule has 2 aliphatic heterocycles. The second kappa shape index (κ2) is 4.64. The lowest BCUT2D eigenvalue weighted by Crippen LogP contribution is -2.35. The van der Waals surface area contributed by atoms with Gasteiger partial charge >= 0.3 is 6.03 Å². The quantitative estimate of drug-likeness (QED) is 0.796. The first-order valence-corrected chi connectivity index (χ1v) is 7.22. The number of nitrogens with zero attached hydrogens (tertiary/aromatic N) is 5. The first kappa shape index (κ1) is 12.5. The van der Waals surface area contributed by atoms with Crippen molar-refractivity contribution in [1.29, 1.82) is 0 Å². The van der Waals surface area contributed by atoms with Gasteiger partial charge < -0.3 is 9.42 Å². The Hall–Kier alpha value is -2.26. The molecule has 0 aromatic carbocycles. The molecule has 0 radical (unpaired) electrons. The van der Waals surface area contributed by atoms with Crippen molar-refractivity contribution in [2.45, 2.75) is 12.1 Å². The van der Waals surface area contributed by atoms with E-state index in [0.717, 1.165) is 10.6 Å². The molecule has 8 nitrogen and oxygen atoms in total. The van der Waals surface area contributed by atoms with Gasteiger partial charge in [0.1, 0.15) is 6.04 Å². The summed E-state index contributed by atoms with van der Waals surface area (Å²) in [7, 11) is 0. The van der Waals surface area contributed by atoms with E-state index in [-0.39, 0.29) is 18.7 Å². The van der Waals surface area contributed by atoms with Gasteiger partial charge in [0, 0.05) is 0 Å². The molecule has 4 rings (SSSR count). The molecule has 1 saturated heterocycles. The van der Waals surface area contributed by atoms with Gasteiger partial charge in [0.25, 0.3) is 5.89 Å². The summed E-state index contributed by atoms with van der Waals surface area (Å²) in [6.07, 6.45) is 2.92. The van der Waals surface area contributed by atoms with Crippen LogP contribution in [0, 0.1) is 0 Å². The fourth-order valence-electron chi connectivity index (χ4n) is 2.70. The Morgan fingerprint density at radius 1 is 1.57 bits per heavy atom. The molecule has 2 aromatic rings. The molecule has 2 bridgehead atoms. The van der Waals surface area contributed by atoms with Gasteiger partial charge in [-0.05, 0) is 0 Å². The van der Waals surface area contributed by atoms with Crippen LogP contribution in [-0.4, -0.2) is 44.3 Å².